The molecule has 0 spiro atoms. The van der Waals surface area contributed by atoms with Crippen LogP contribution in [0.3, 0.4) is 0 Å². The molecule has 29 heavy (non-hydrogen) atoms. The summed E-state index contributed by atoms with van der Waals surface area (Å²) in [6, 6.07) is 9.45. The minimum absolute atomic E-state index is 0.258. The van der Waals surface area contributed by atoms with Gasteiger partial charge in [-0.1, -0.05) is 0 Å². The fraction of sp³-hybridized carbons (Fsp3) is 0.476. The predicted octanol–water partition coefficient (Wildman–Crippen LogP) is 3.62. The van der Waals surface area contributed by atoms with Gasteiger partial charge in [0.25, 0.3) is 0 Å². The van der Waals surface area contributed by atoms with Crippen LogP contribution >= 0.6 is 0 Å². The van der Waals surface area contributed by atoms with Gasteiger partial charge in [-0.25, -0.2) is 17.7 Å². The Morgan fingerprint density at radius 1 is 1.14 bits per heavy atom. The number of aromatic nitrogens is 2. The van der Waals surface area contributed by atoms with E-state index in [4.69, 9.17) is 9.40 Å². The molecule has 0 atom stereocenters. The molecule has 3 aromatic rings. The van der Waals surface area contributed by atoms with Gasteiger partial charge in [0.05, 0.1) is 29.0 Å². The van der Waals surface area contributed by atoms with Crippen molar-refractivity contribution in [3.05, 3.63) is 47.7 Å². The van der Waals surface area contributed by atoms with Gasteiger partial charge in [0.1, 0.15) is 17.3 Å². The zero-order valence-corrected chi connectivity index (χ0v) is 18.8. The summed E-state index contributed by atoms with van der Waals surface area (Å²) in [5, 5.41) is 0. The van der Waals surface area contributed by atoms with Gasteiger partial charge in [0.15, 0.2) is 0 Å². The highest BCUT2D eigenvalue weighted by Gasteiger charge is 2.21. The van der Waals surface area contributed by atoms with Crippen LogP contribution in [0.1, 0.15) is 38.1 Å². The molecule has 0 aliphatic rings. The second kappa shape index (κ2) is 8.30. The Kier molecular flexibility index (Phi) is 6.16. The Bertz CT molecular complexity index is 1100. The number of aryl methyl sites for hydroxylation is 2. The molecule has 0 aliphatic carbocycles. The fourth-order valence-electron chi connectivity index (χ4n) is 3.38. The van der Waals surface area contributed by atoms with E-state index in [2.05, 4.69) is 30.2 Å². The molecule has 0 radical (unpaired) electrons. The van der Waals surface area contributed by atoms with E-state index in [9.17, 15) is 8.42 Å². The van der Waals surface area contributed by atoms with E-state index in [0.717, 1.165) is 29.4 Å². The van der Waals surface area contributed by atoms with E-state index in [1.165, 1.54) is 18.4 Å². The van der Waals surface area contributed by atoms with E-state index in [-0.39, 0.29) is 4.90 Å². The van der Waals surface area contributed by atoms with Crippen molar-refractivity contribution >= 4 is 21.1 Å². The lowest BCUT2D eigenvalue weighted by Gasteiger charge is -2.25. The van der Waals surface area contributed by atoms with Gasteiger partial charge in [0.2, 0.25) is 10.0 Å². The first-order valence-corrected chi connectivity index (χ1v) is 11.3. The number of hydrogen-bond donors (Lipinski definition) is 0. The first-order valence-electron chi connectivity index (χ1n) is 9.84. The maximum absolute atomic E-state index is 12.5. The van der Waals surface area contributed by atoms with E-state index in [1.807, 2.05) is 25.1 Å². The summed E-state index contributed by atoms with van der Waals surface area (Å²) in [5.41, 5.74) is 1.64. The van der Waals surface area contributed by atoms with Crippen molar-refractivity contribution < 1.29 is 12.8 Å². The number of imidazole rings is 1. The van der Waals surface area contributed by atoms with Crippen LogP contribution in [0, 0.1) is 6.92 Å². The second-order valence-electron chi connectivity index (χ2n) is 7.72. The molecule has 158 valence electrons. The SMILES string of the molecule is CCn1c(CN(Cc2ccc(C)o2)C(C)C)nc2cc(S(=O)(=O)N(C)C)ccc21. The number of nitrogens with zero attached hydrogens (tertiary/aromatic N) is 4. The smallest absolute Gasteiger partial charge is 0.242 e. The fourth-order valence-corrected chi connectivity index (χ4v) is 4.30. The first kappa shape index (κ1) is 21.5. The molecule has 1 aromatic carbocycles. The zero-order valence-electron chi connectivity index (χ0n) is 18.0. The summed E-state index contributed by atoms with van der Waals surface area (Å²) in [7, 11) is -0.424. The monoisotopic (exact) mass is 418 g/mol. The number of benzene rings is 1. The molecule has 7 nitrogen and oxygen atoms in total. The third-order valence-electron chi connectivity index (χ3n) is 5.12. The number of rotatable bonds is 8. The van der Waals surface area contributed by atoms with Crippen molar-refractivity contribution in [1.82, 2.24) is 18.8 Å². The van der Waals surface area contributed by atoms with Crippen LogP contribution in [0.2, 0.25) is 0 Å². The highest BCUT2D eigenvalue weighted by atomic mass is 32.2. The van der Waals surface area contributed by atoms with Gasteiger partial charge in [0, 0.05) is 26.7 Å². The molecule has 0 bridgehead atoms. The predicted molar refractivity (Wildman–Crippen MR) is 114 cm³/mol. The molecule has 0 aliphatic heterocycles. The average Bonchev–Trinajstić information content (AvgIpc) is 3.22. The van der Waals surface area contributed by atoms with Gasteiger partial charge in [-0.3, -0.25) is 4.90 Å². The molecule has 0 fully saturated rings. The minimum Gasteiger partial charge on any atom is -0.465 e. The van der Waals surface area contributed by atoms with Gasteiger partial charge >= 0.3 is 0 Å². The third kappa shape index (κ3) is 4.39. The Morgan fingerprint density at radius 2 is 1.86 bits per heavy atom. The molecular weight excluding hydrogens is 388 g/mol. The lowest BCUT2D eigenvalue weighted by molar-refractivity contribution is 0.180. The second-order valence-corrected chi connectivity index (χ2v) is 9.87. The van der Waals surface area contributed by atoms with Crippen LogP contribution in [0.4, 0.5) is 0 Å². The number of furan rings is 1. The Hall–Kier alpha value is -2.16. The number of sulfonamides is 1. The Morgan fingerprint density at radius 3 is 2.41 bits per heavy atom. The molecule has 8 heteroatoms. The van der Waals surface area contributed by atoms with Crippen LogP contribution in [0.25, 0.3) is 11.0 Å². The van der Waals surface area contributed by atoms with Crippen LogP contribution in [-0.4, -0.2) is 47.3 Å². The van der Waals surface area contributed by atoms with Crippen LogP contribution in [-0.2, 0) is 29.7 Å². The Labute approximate surface area is 173 Å². The molecule has 0 unspecified atom stereocenters. The summed E-state index contributed by atoms with van der Waals surface area (Å²) in [6.07, 6.45) is 0. The molecule has 0 amide bonds. The maximum atomic E-state index is 12.5. The van der Waals surface area contributed by atoms with E-state index < -0.39 is 10.0 Å². The summed E-state index contributed by atoms with van der Waals surface area (Å²) < 4.78 is 34.1. The quantitative estimate of drug-likeness (QED) is 0.559. The third-order valence-corrected chi connectivity index (χ3v) is 6.93. The zero-order chi connectivity index (χ0) is 21.3. The largest absolute Gasteiger partial charge is 0.465 e. The summed E-state index contributed by atoms with van der Waals surface area (Å²) >= 11 is 0. The molecule has 0 N–H and O–H groups in total. The average molecular weight is 419 g/mol. The van der Waals surface area contributed by atoms with E-state index >= 15 is 0 Å². The van der Waals surface area contributed by atoms with E-state index in [1.54, 1.807) is 12.1 Å². The van der Waals surface area contributed by atoms with Crippen molar-refractivity contribution in [2.24, 2.45) is 0 Å². The molecule has 0 saturated carbocycles. The number of hydrogen-bond acceptors (Lipinski definition) is 5. The first-order chi connectivity index (χ1) is 13.6. The standard InChI is InChI=1S/C21H30N4O3S/c1-7-25-20-11-10-18(29(26,27)23(5)6)12-19(20)22-21(25)14-24(15(2)3)13-17-9-8-16(4)28-17/h8-12,15H,7,13-14H2,1-6H3. The minimum atomic E-state index is -3.49. The maximum Gasteiger partial charge on any atom is 0.242 e. The van der Waals surface area contributed by atoms with Crippen molar-refractivity contribution in [3.8, 4) is 0 Å². The van der Waals surface area contributed by atoms with Crippen molar-refractivity contribution in [3.63, 3.8) is 0 Å². The van der Waals surface area contributed by atoms with Gasteiger partial charge in [-0.15, -0.1) is 0 Å². The lowest BCUT2D eigenvalue weighted by Crippen LogP contribution is -2.31. The van der Waals surface area contributed by atoms with Crippen LogP contribution in [0.15, 0.2) is 39.6 Å². The topological polar surface area (TPSA) is 71.6 Å². The van der Waals surface area contributed by atoms with Crippen molar-refractivity contribution in [1.29, 1.82) is 0 Å². The van der Waals surface area contributed by atoms with Crippen molar-refractivity contribution in [2.45, 2.75) is 58.3 Å². The summed E-state index contributed by atoms with van der Waals surface area (Å²) in [6.45, 7) is 10.4. The number of fused-ring (bicyclic) bond motifs is 1. The Balaban J connectivity index is 1.97. The molecule has 2 heterocycles. The molecule has 0 saturated heterocycles. The van der Waals surface area contributed by atoms with Gasteiger partial charge in [-0.05, 0) is 58.0 Å². The molecular formula is C21H30N4O3S. The highest BCUT2D eigenvalue weighted by Crippen LogP contribution is 2.24. The normalized spacial score (nSPS) is 12.7. The van der Waals surface area contributed by atoms with Crippen molar-refractivity contribution in [2.75, 3.05) is 14.1 Å². The summed E-state index contributed by atoms with van der Waals surface area (Å²) in [4.78, 5) is 7.35. The highest BCUT2D eigenvalue weighted by molar-refractivity contribution is 7.89. The molecule has 3 rings (SSSR count). The molecule has 2 aromatic heterocycles. The lowest BCUT2D eigenvalue weighted by atomic mass is 10.3. The van der Waals surface area contributed by atoms with Crippen LogP contribution < -0.4 is 0 Å². The van der Waals surface area contributed by atoms with Gasteiger partial charge in [-0.2, -0.15) is 0 Å². The summed E-state index contributed by atoms with van der Waals surface area (Å²) in [5.74, 6) is 2.74. The van der Waals surface area contributed by atoms with E-state index in [0.29, 0.717) is 24.6 Å². The van der Waals surface area contributed by atoms with Gasteiger partial charge < -0.3 is 8.98 Å². The van der Waals surface area contributed by atoms with Crippen LogP contribution in [0.5, 0.6) is 0 Å².